The summed E-state index contributed by atoms with van der Waals surface area (Å²) in [6, 6.07) is 0. The molecule has 0 unspecified atom stereocenters. The van der Waals surface area contributed by atoms with Crippen LogP contribution < -0.4 is 0 Å². The van der Waals surface area contributed by atoms with E-state index in [0.717, 1.165) is 10.1 Å². The van der Waals surface area contributed by atoms with E-state index in [4.69, 9.17) is 0 Å². The Balaban J connectivity index is 2.53. The number of halogens is 3. The second-order valence-electron chi connectivity index (χ2n) is 2.94. The highest BCUT2D eigenvalue weighted by molar-refractivity contribution is 7.99. The zero-order valence-electron chi connectivity index (χ0n) is 7.17. The van der Waals surface area contributed by atoms with Gasteiger partial charge in [-0.05, 0) is 12.5 Å². The van der Waals surface area contributed by atoms with Crippen LogP contribution >= 0.6 is 11.8 Å². The molecule has 1 aromatic heterocycles. The fraction of sp³-hybridized carbons (Fsp3) is 0.429. The highest BCUT2D eigenvalue weighted by Gasteiger charge is 2.38. The van der Waals surface area contributed by atoms with Crippen molar-refractivity contribution >= 4 is 18.0 Å². The Labute approximate surface area is 82.0 Å². The number of rotatable bonds is 0. The maximum Gasteiger partial charge on any atom is 0.452 e. The molecule has 2 rings (SSSR count). The van der Waals surface area contributed by atoms with E-state index in [2.05, 4.69) is 10.2 Å². The Hall–Kier alpha value is -0.980. The molecule has 0 bridgehead atoms. The van der Waals surface area contributed by atoms with Crippen molar-refractivity contribution in [1.82, 2.24) is 14.8 Å². The van der Waals surface area contributed by atoms with Gasteiger partial charge in [0, 0.05) is 12.0 Å². The van der Waals surface area contributed by atoms with Gasteiger partial charge in [0.1, 0.15) is 0 Å². The summed E-state index contributed by atoms with van der Waals surface area (Å²) in [7, 11) is 0. The van der Waals surface area contributed by atoms with Gasteiger partial charge in [0.05, 0.1) is 0 Å². The molecule has 0 N–H and O–H groups in total. The Kier molecular flexibility index (Phi) is 2.06. The summed E-state index contributed by atoms with van der Waals surface area (Å²) in [5.74, 6) is -0.297. The van der Waals surface area contributed by atoms with Crippen LogP contribution in [0.5, 0.6) is 0 Å². The number of hydrogen-bond donors (Lipinski definition) is 0. The molecular weight excluding hydrogens is 215 g/mol. The summed E-state index contributed by atoms with van der Waals surface area (Å²) < 4.78 is 38.1. The molecule has 0 spiro atoms. The van der Waals surface area contributed by atoms with Crippen molar-refractivity contribution in [3.8, 4) is 0 Å². The Bertz CT molecular complexity index is 393. The molecule has 0 saturated heterocycles. The molecule has 0 aromatic carbocycles. The molecule has 7 heteroatoms. The zero-order valence-corrected chi connectivity index (χ0v) is 7.98. The lowest BCUT2D eigenvalue weighted by Crippen LogP contribution is -2.14. The smallest absolute Gasteiger partial charge is 0.273 e. The van der Waals surface area contributed by atoms with Crippen molar-refractivity contribution in [1.29, 1.82) is 0 Å². The van der Waals surface area contributed by atoms with Gasteiger partial charge in [0.2, 0.25) is 5.82 Å². The van der Waals surface area contributed by atoms with Gasteiger partial charge in [-0.1, -0.05) is 11.8 Å². The fourth-order valence-corrected chi connectivity index (χ4v) is 1.93. The number of fused-ring (bicyclic) bond motifs is 1. The van der Waals surface area contributed by atoms with E-state index in [1.807, 2.05) is 0 Å². The molecule has 3 nitrogen and oxygen atoms in total. The largest absolute Gasteiger partial charge is 0.452 e. The molecule has 1 aliphatic rings. The molecular formula is C7H6F3N3S. The third-order valence-corrected chi connectivity index (χ3v) is 2.83. The Morgan fingerprint density at radius 1 is 1.43 bits per heavy atom. The zero-order chi connectivity index (χ0) is 10.3. The van der Waals surface area contributed by atoms with Crippen molar-refractivity contribution in [2.75, 3.05) is 5.75 Å². The molecule has 0 saturated carbocycles. The van der Waals surface area contributed by atoms with Gasteiger partial charge in [-0.15, -0.1) is 10.2 Å². The van der Waals surface area contributed by atoms with Crippen LogP contribution in [0.4, 0.5) is 13.2 Å². The van der Waals surface area contributed by atoms with Gasteiger partial charge < -0.3 is 0 Å². The third-order valence-electron chi connectivity index (χ3n) is 1.70. The summed E-state index contributed by atoms with van der Waals surface area (Å²) in [5.41, 5.74) is 0.868. The van der Waals surface area contributed by atoms with Gasteiger partial charge in [-0.2, -0.15) is 13.2 Å². The average molecular weight is 221 g/mol. The quantitative estimate of drug-likeness (QED) is 0.673. The molecule has 1 aromatic rings. The van der Waals surface area contributed by atoms with Gasteiger partial charge in [0.25, 0.3) is 0 Å². The number of alkyl halides is 3. The van der Waals surface area contributed by atoms with E-state index < -0.39 is 12.0 Å². The molecule has 2 heterocycles. The van der Waals surface area contributed by atoms with Crippen molar-refractivity contribution in [3.63, 3.8) is 0 Å². The summed E-state index contributed by atoms with van der Waals surface area (Å²) in [5, 5.41) is 6.89. The highest BCUT2D eigenvalue weighted by Crippen LogP contribution is 2.33. The van der Waals surface area contributed by atoms with Crippen LogP contribution in [-0.4, -0.2) is 20.5 Å². The molecule has 0 fully saturated rings. The highest BCUT2D eigenvalue weighted by atomic mass is 32.2. The van der Waals surface area contributed by atoms with E-state index in [0.29, 0.717) is 10.9 Å². The number of aromatic nitrogens is 3. The van der Waals surface area contributed by atoms with Gasteiger partial charge in [0.15, 0.2) is 5.16 Å². The topological polar surface area (TPSA) is 30.7 Å². The molecule has 14 heavy (non-hydrogen) atoms. The van der Waals surface area contributed by atoms with Crippen molar-refractivity contribution in [2.24, 2.45) is 0 Å². The van der Waals surface area contributed by atoms with Crippen LogP contribution in [0.2, 0.25) is 0 Å². The first-order valence-electron chi connectivity index (χ1n) is 3.80. The lowest BCUT2D eigenvalue weighted by atomic mass is 10.4. The fourth-order valence-electron chi connectivity index (χ4n) is 1.12. The maximum atomic E-state index is 12.4. The lowest BCUT2D eigenvalue weighted by Gasteiger charge is -2.12. The Morgan fingerprint density at radius 3 is 2.79 bits per heavy atom. The monoisotopic (exact) mass is 221 g/mol. The molecule has 0 atom stereocenters. The minimum atomic E-state index is -4.44. The standard InChI is InChI=1S/C7H6F3N3S/c1-4-2-13-5(7(8,9)10)11-12-6(13)14-3-4/h2H,3H2,1H3. The van der Waals surface area contributed by atoms with E-state index in [9.17, 15) is 13.2 Å². The Morgan fingerprint density at radius 2 is 2.14 bits per heavy atom. The predicted molar refractivity (Wildman–Crippen MR) is 45.7 cm³/mol. The summed E-state index contributed by atoms with van der Waals surface area (Å²) >= 11 is 1.25. The number of thioether (sulfide) groups is 1. The summed E-state index contributed by atoms with van der Waals surface area (Å²) in [6.45, 7) is 1.77. The first-order valence-corrected chi connectivity index (χ1v) is 4.79. The average Bonchev–Trinajstić information content (AvgIpc) is 2.45. The molecule has 0 aliphatic carbocycles. The predicted octanol–water partition coefficient (Wildman–Crippen LogP) is 2.26. The van der Waals surface area contributed by atoms with E-state index >= 15 is 0 Å². The minimum absolute atomic E-state index is 0.294. The van der Waals surface area contributed by atoms with Crippen molar-refractivity contribution < 1.29 is 13.2 Å². The number of nitrogens with zero attached hydrogens (tertiary/aromatic N) is 3. The molecule has 0 amide bonds. The SMILES string of the molecule is CC1=Cn2c(nnc2C(F)(F)F)SC1. The van der Waals surface area contributed by atoms with Gasteiger partial charge in [-0.3, -0.25) is 4.57 Å². The lowest BCUT2D eigenvalue weighted by molar-refractivity contribution is -0.146. The van der Waals surface area contributed by atoms with Crippen molar-refractivity contribution in [2.45, 2.75) is 18.3 Å². The first kappa shape index (κ1) is 9.57. The van der Waals surface area contributed by atoms with Gasteiger partial charge >= 0.3 is 6.18 Å². The molecule has 1 aliphatic heterocycles. The van der Waals surface area contributed by atoms with Crippen LogP contribution in [-0.2, 0) is 6.18 Å². The summed E-state index contributed by atoms with van der Waals surface area (Å²) in [6.07, 6.45) is -3.02. The molecule has 76 valence electrons. The van der Waals surface area contributed by atoms with Crippen LogP contribution in [0.25, 0.3) is 6.20 Å². The van der Waals surface area contributed by atoms with Crippen LogP contribution in [0.15, 0.2) is 10.7 Å². The normalized spacial score (nSPS) is 16.4. The minimum Gasteiger partial charge on any atom is -0.273 e. The van der Waals surface area contributed by atoms with E-state index in [1.54, 1.807) is 6.92 Å². The second-order valence-corrected chi connectivity index (χ2v) is 3.88. The van der Waals surface area contributed by atoms with E-state index in [-0.39, 0.29) is 0 Å². The maximum absolute atomic E-state index is 12.4. The number of hydrogen-bond acceptors (Lipinski definition) is 3. The first-order chi connectivity index (χ1) is 6.48. The van der Waals surface area contributed by atoms with Crippen LogP contribution in [0.3, 0.4) is 0 Å². The van der Waals surface area contributed by atoms with Gasteiger partial charge in [-0.25, -0.2) is 0 Å². The van der Waals surface area contributed by atoms with Crippen molar-refractivity contribution in [3.05, 3.63) is 11.4 Å². The molecule has 0 radical (unpaired) electrons. The van der Waals surface area contributed by atoms with Crippen LogP contribution in [0, 0.1) is 0 Å². The van der Waals surface area contributed by atoms with E-state index in [1.165, 1.54) is 18.0 Å². The van der Waals surface area contributed by atoms with Crippen LogP contribution in [0.1, 0.15) is 12.7 Å². The second kappa shape index (κ2) is 3.01. The third kappa shape index (κ3) is 1.52. The summed E-state index contributed by atoms with van der Waals surface area (Å²) in [4.78, 5) is 0.